The fourth-order valence-electron chi connectivity index (χ4n) is 7.19. The lowest BCUT2D eigenvalue weighted by Gasteiger charge is -2.11. The summed E-state index contributed by atoms with van der Waals surface area (Å²) >= 11 is 1.73. The van der Waals surface area contributed by atoms with Crippen LogP contribution >= 0.6 is 11.3 Å². The first-order chi connectivity index (χ1) is 28.4. The van der Waals surface area contributed by atoms with Crippen LogP contribution in [-0.4, -0.2) is 31.8 Å². The number of rotatable bonds is 12. The minimum atomic E-state index is 0.508. The van der Waals surface area contributed by atoms with Gasteiger partial charge < -0.3 is 8.98 Å². The average Bonchev–Trinajstić information content (AvgIpc) is 3.92. The average molecular weight is 770 g/mol. The van der Waals surface area contributed by atoms with E-state index in [-0.39, 0.29) is 0 Å². The summed E-state index contributed by atoms with van der Waals surface area (Å²) < 4.78 is 10.9. The minimum Gasteiger partial charge on any atom is -0.436 e. The summed E-state index contributed by atoms with van der Waals surface area (Å²) in [6, 6.07) is 34.0. The Hall–Kier alpha value is -7.16. The number of allylic oxidation sites excluding steroid dienone is 4. The van der Waals surface area contributed by atoms with Gasteiger partial charge in [0.05, 0.1) is 5.69 Å². The Balaban J connectivity index is 1.22. The van der Waals surface area contributed by atoms with E-state index in [1.54, 1.807) is 23.5 Å². The molecule has 8 rings (SSSR count). The molecule has 0 N–H and O–H groups in total. The monoisotopic (exact) mass is 769 g/mol. The van der Waals surface area contributed by atoms with E-state index in [4.69, 9.17) is 24.4 Å². The maximum absolute atomic E-state index is 6.40. The molecule has 0 atom stereocenters. The van der Waals surface area contributed by atoms with Crippen LogP contribution < -0.4 is 14.5 Å². The van der Waals surface area contributed by atoms with Gasteiger partial charge in [-0.1, -0.05) is 136 Å². The van der Waals surface area contributed by atoms with Crippen LogP contribution in [0.25, 0.3) is 93.3 Å². The zero-order valence-corrected chi connectivity index (χ0v) is 33.3. The second kappa shape index (κ2) is 16.5. The largest absolute Gasteiger partial charge is 0.436 e. The van der Waals surface area contributed by atoms with Gasteiger partial charge in [0.2, 0.25) is 5.89 Å². The Bertz CT molecular complexity index is 2970. The van der Waals surface area contributed by atoms with Crippen molar-refractivity contribution in [2.24, 2.45) is 0 Å². The molecule has 280 valence electrons. The maximum Gasteiger partial charge on any atom is 0.227 e. The molecule has 58 heavy (non-hydrogen) atoms. The third kappa shape index (κ3) is 7.29. The Morgan fingerprint density at radius 3 is 1.91 bits per heavy atom. The molecule has 8 heteroatoms. The van der Waals surface area contributed by atoms with E-state index >= 15 is 0 Å². The molecule has 0 saturated heterocycles. The first-order valence-corrected chi connectivity index (χ1v) is 19.9. The van der Waals surface area contributed by atoms with Gasteiger partial charge in [0.1, 0.15) is 5.52 Å². The van der Waals surface area contributed by atoms with Crippen LogP contribution in [0.5, 0.6) is 0 Å². The third-order valence-corrected chi connectivity index (χ3v) is 11.2. The smallest absolute Gasteiger partial charge is 0.227 e. The zero-order valence-electron chi connectivity index (χ0n) is 32.5. The normalized spacial score (nSPS) is 11.9. The Morgan fingerprint density at radius 1 is 0.672 bits per heavy atom. The highest BCUT2D eigenvalue weighted by Gasteiger charge is 2.20. The van der Waals surface area contributed by atoms with E-state index in [2.05, 4.69) is 75.0 Å². The fourth-order valence-corrected chi connectivity index (χ4v) is 8.20. The van der Waals surface area contributed by atoms with Gasteiger partial charge in [-0.25, -0.2) is 19.9 Å². The van der Waals surface area contributed by atoms with E-state index in [0.717, 1.165) is 67.5 Å². The van der Waals surface area contributed by atoms with Crippen molar-refractivity contribution in [2.45, 2.75) is 13.7 Å². The quantitative estimate of drug-likeness (QED) is 0.0914. The van der Waals surface area contributed by atoms with Crippen LogP contribution in [0.4, 0.5) is 0 Å². The van der Waals surface area contributed by atoms with Crippen LogP contribution in [0.2, 0.25) is 6.82 Å². The van der Waals surface area contributed by atoms with Crippen molar-refractivity contribution in [3.8, 4) is 51.3 Å². The highest BCUT2D eigenvalue weighted by atomic mass is 32.1. The van der Waals surface area contributed by atoms with Crippen molar-refractivity contribution in [1.82, 2.24) is 24.5 Å². The fraction of sp³-hybridized carbons (Fsp3) is 0.0400. The van der Waals surface area contributed by atoms with E-state index in [0.29, 0.717) is 34.5 Å². The molecule has 0 unspecified atom stereocenters. The van der Waals surface area contributed by atoms with Crippen molar-refractivity contribution in [3.63, 3.8) is 0 Å². The summed E-state index contributed by atoms with van der Waals surface area (Å²) in [5, 5.41) is 1.10. The number of fused-ring (bicyclic) bond motifs is 1. The van der Waals surface area contributed by atoms with Crippen LogP contribution in [0, 0.1) is 6.92 Å². The molecule has 4 aromatic heterocycles. The van der Waals surface area contributed by atoms with E-state index < -0.39 is 0 Å². The number of hydrogen-bond donors (Lipinski definition) is 0. The molecule has 4 aromatic carbocycles. The first kappa shape index (κ1) is 37.8. The molecule has 0 bridgehead atoms. The summed E-state index contributed by atoms with van der Waals surface area (Å²) in [5.41, 5.74) is 11.1. The highest BCUT2D eigenvalue weighted by molar-refractivity contribution is 7.20. The van der Waals surface area contributed by atoms with Gasteiger partial charge in [-0.05, 0) is 71.0 Å². The summed E-state index contributed by atoms with van der Waals surface area (Å²) in [5.74, 6) is 2.26. The molecular formula is C50H40BN5OS. The molecule has 0 aliphatic rings. The summed E-state index contributed by atoms with van der Waals surface area (Å²) in [4.78, 5) is 19.6. The summed E-state index contributed by atoms with van der Waals surface area (Å²) in [7, 11) is 0.918. The van der Waals surface area contributed by atoms with Crippen LogP contribution in [0.1, 0.15) is 28.1 Å². The van der Waals surface area contributed by atoms with Gasteiger partial charge in [0.15, 0.2) is 30.3 Å². The van der Waals surface area contributed by atoms with Gasteiger partial charge in [-0.3, -0.25) is 0 Å². The molecule has 0 fully saturated rings. The number of oxazole rings is 1. The first-order valence-electron chi connectivity index (χ1n) is 19.1. The van der Waals surface area contributed by atoms with Crippen molar-refractivity contribution in [1.29, 1.82) is 0 Å². The second-order valence-corrected chi connectivity index (χ2v) is 14.8. The van der Waals surface area contributed by atoms with E-state index in [1.165, 1.54) is 10.3 Å². The van der Waals surface area contributed by atoms with Gasteiger partial charge in [-0.2, -0.15) is 11.3 Å². The van der Waals surface area contributed by atoms with E-state index in [9.17, 15) is 0 Å². The third-order valence-electron chi connectivity index (χ3n) is 9.97. The molecule has 0 spiro atoms. The standard InChI is InChI=1S/C50H40BN5OS/c1-7-10-25-39-32(4)56(44(9-3)42(39)31-41-33(5)58-46(51-6)40(41)26-11-8-2)38-24-18-23-37(29-38)50-52-43-30-36(27-28-45(43)57-50)49-54-47(34-19-14-12-15-20-34)53-48(55-49)35-21-16-13-17-22-35/h7-31,51H,1-3,5H2,4,6H3/b25-10-,26-11-,41-31+. The summed E-state index contributed by atoms with van der Waals surface area (Å²) in [6.07, 6.45) is 15.9. The Morgan fingerprint density at radius 2 is 1.29 bits per heavy atom. The maximum atomic E-state index is 6.40. The summed E-state index contributed by atoms with van der Waals surface area (Å²) in [6.45, 7) is 20.9. The number of benzene rings is 4. The van der Waals surface area contributed by atoms with Crippen LogP contribution in [0.15, 0.2) is 152 Å². The number of nitrogens with zero attached hydrogens (tertiary/aromatic N) is 5. The zero-order chi connectivity index (χ0) is 40.2. The molecule has 0 aliphatic heterocycles. The lowest BCUT2D eigenvalue weighted by Crippen LogP contribution is -2.21. The highest BCUT2D eigenvalue weighted by Crippen LogP contribution is 2.33. The van der Waals surface area contributed by atoms with Crippen molar-refractivity contribution >= 4 is 65.4 Å². The van der Waals surface area contributed by atoms with Crippen molar-refractivity contribution in [2.75, 3.05) is 0 Å². The SMILES string of the molecule is C=C/C=C\c1c(/C=c2/c(/C=C\C=C)c(BC)sc2=C)c(C=C)n(-c2cccc(-c3nc4cc(-c5nc(-c6ccccc6)nc(-c6ccccc6)n5)ccc4o3)c2)c1C. The number of hydrogen-bond acceptors (Lipinski definition) is 6. The minimum absolute atomic E-state index is 0.508. The molecule has 8 aromatic rings. The topological polar surface area (TPSA) is 69.6 Å². The van der Waals surface area contributed by atoms with Gasteiger partial charge >= 0.3 is 0 Å². The molecule has 6 nitrogen and oxygen atoms in total. The van der Waals surface area contributed by atoms with Gasteiger partial charge in [0.25, 0.3) is 0 Å². The molecule has 0 aliphatic carbocycles. The predicted molar refractivity (Wildman–Crippen MR) is 247 cm³/mol. The molecule has 0 amide bonds. The number of thiophene rings is 1. The molecule has 0 radical (unpaired) electrons. The van der Waals surface area contributed by atoms with Gasteiger partial charge in [-0.15, -0.1) is 0 Å². The molecule has 4 heterocycles. The Kier molecular flexibility index (Phi) is 10.8. The van der Waals surface area contributed by atoms with Crippen molar-refractivity contribution < 1.29 is 4.42 Å². The van der Waals surface area contributed by atoms with Crippen LogP contribution in [-0.2, 0) is 0 Å². The van der Waals surface area contributed by atoms with Crippen molar-refractivity contribution in [3.05, 3.63) is 185 Å². The van der Waals surface area contributed by atoms with Gasteiger partial charge in [0, 0.05) is 49.3 Å². The Labute approximate surface area is 342 Å². The lowest BCUT2D eigenvalue weighted by atomic mass is 9.78. The molecular weight excluding hydrogens is 729 g/mol. The second-order valence-electron chi connectivity index (χ2n) is 13.6. The lowest BCUT2D eigenvalue weighted by molar-refractivity contribution is 0.620. The predicted octanol–water partition coefficient (Wildman–Crippen LogP) is 10.2. The molecule has 0 saturated carbocycles. The number of aromatic nitrogens is 5. The van der Waals surface area contributed by atoms with Crippen LogP contribution in [0.3, 0.4) is 0 Å². The van der Waals surface area contributed by atoms with E-state index in [1.807, 2.05) is 109 Å².